The first-order valence-electron chi connectivity index (χ1n) is 7.48. The van der Waals surface area contributed by atoms with Crippen LogP contribution in [-0.4, -0.2) is 33.7 Å². The summed E-state index contributed by atoms with van der Waals surface area (Å²) in [6.07, 6.45) is 3.09. The van der Waals surface area contributed by atoms with Gasteiger partial charge in [-0.05, 0) is 19.3 Å². The fourth-order valence-corrected chi connectivity index (χ4v) is 2.33. The molecule has 7 nitrogen and oxygen atoms in total. The Morgan fingerprint density at radius 3 is 2.14 bits per heavy atom. The van der Waals surface area contributed by atoms with Crippen molar-refractivity contribution in [1.82, 2.24) is 5.32 Å². The van der Waals surface area contributed by atoms with Crippen LogP contribution < -0.4 is 11.1 Å². The van der Waals surface area contributed by atoms with E-state index in [1.807, 2.05) is 0 Å². The number of carbonyl (C=O) groups is 2. The van der Waals surface area contributed by atoms with Gasteiger partial charge in [0.05, 0.1) is 0 Å². The Hall–Kier alpha value is -1.34. The molecule has 1 unspecified atom stereocenters. The summed E-state index contributed by atoms with van der Waals surface area (Å²) in [5, 5.41) is 22.2. The predicted molar refractivity (Wildman–Crippen MR) is 78.4 cm³/mol. The van der Waals surface area contributed by atoms with Gasteiger partial charge < -0.3 is 20.7 Å². The number of imide groups is 1. The zero-order chi connectivity index (χ0) is 16.5. The van der Waals surface area contributed by atoms with Crippen LogP contribution in [0.3, 0.4) is 0 Å². The lowest BCUT2D eigenvalue weighted by Crippen LogP contribution is -2.58. The Balaban J connectivity index is 5.03. The summed E-state index contributed by atoms with van der Waals surface area (Å²) in [5.41, 5.74) is 3.40. The van der Waals surface area contributed by atoms with Crippen molar-refractivity contribution in [2.45, 2.75) is 77.1 Å². The number of carbonyl (C=O) groups excluding carboxylic acids is 2. The summed E-state index contributed by atoms with van der Waals surface area (Å²) in [6, 6.07) is -1.05. The number of amides is 3. The van der Waals surface area contributed by atoms with E-state index in [9.17, 15) is 19.8 Å². The van der Waals surface area contributed by atoms with Gasteiger partial charge in [-0.25, -0.2) is 14.9 Å². The molecule has 0 aromatic carbocycles. The SMILES string of the molecule is CCCCCCC(CC)(OC(=O)NC(N)=O)C(O)(O)CC. The molecule has 0 heterocycles. The second kappa shape index (κ2) is 8.84. The van der Waals surface area contributed by atoms with Crippen LogP contribution in [0.5, 0.6) is 0 Å². The zero-order valence-electron chi connectivity index (χ0n) is 13.1. The van der Waals surface area contributed by atoms with E-state index in [0.29, 0.717) is 12.8 Å². The third-order valence-electron chi connectivity index (χ3n) is 3.74. The van der Waals surface area contributed by atoms with Crippen LogP contribution >= 0.6 is 0 Å². The third-order valence-corrected chi connectivity index (χ3v) is 3.74. The number of aliphatic hydroxyl groups is 2. The molecule has 0 aromatic heterocycles. The zero-order valence-corrected chi connectivity index (χ0v) is 13.1. The summed E-state index contributed by atoms with van der Waals surface area (Å²) in [6.45, 7) is 5.36. The van der Waals surface area contributed by atoms with E-state index < -0.39 is 23.5 Å². The average molecular weight is 304 g/mol. The highest BCUT2D eigenvalue weighted by molar-refractivity contribution is 5.89. The highest BCUT2D eigenvalue weighted by atomic mass is 16.6. The summed E-state index contributed by atoms with van der Waals surface area (Å²) in [4.78, 5) is 22.3. The summed E-state index contributed by atoms with van der Waals surface area (Å²) < 4.78 is 5.18. The molecule has 3 amide bonds. The number of rotatable bonds is 9. The van der Waals surface area contributed by atoms with Gasteiger partial charge in [0.15, 0.2) is 5.60 Å². The van der Waals surface area contributed by atoms with Crippen molar-refractivity contribution < 1.29 is 24.5 Å². The molecule has 0 aliphatic heterocycles. The topological polar surface area (TPSA) is 122 Å². The summed E-state index contributed by atoms with van der Waals surface area (Å²) in [5.74, 6) is -2.16. The molecule has 0 spiro atoms. The lowest BCUT2D eigenvalue weighted by Gasteiger charge is -2.42. The Morgan fingerprint density at radius 1 is 1.10 bits per heavy atom. The molecular formula is C14H28N2O5. The van der Waals surface area contributed by atoms with Crippen molar-refractivity contribution in [2.24, 2.45) is 5.73 Å². The van der Waals surface area contributed by atoms with E-state index in [4.69, 9.17) is 10.5 Å². The Bertz CT molecular complexity index is 346. The smallest absolute Gasteiger partial charge is 0.416 e. The van der Waals surface area contributed by atoms with Crippen molar-refractivity contribution >= 4 is 12.1 Å². The molecule has 0 aliphatic carbocycles. The van der Waals surface area contributed by atoms with Gasteiger partial charge in [0.25, 0.3) is 0 Å². The van der Waals surface area contributed by atoms with Gasteiger partial charge in [0, 0.05) is 6.42 Å². The first-order valence-corrected chi connectivity index (χ1v) is 7.48. The molecule has 0 aromatic rings. The standard InChI is InChI=1S/C14H28N2O5/c1-4-7-8-9-10-13(5-2,14(19,20)6-3)21-12(18)16-11(15)17/h19-20H,4-10H2,1-3H3,(H3,15,16,17,18). The Kier molecular flexibility index (Phi) is 8.27. The van der Waals surface area contributed by atoms with Crippen LogP contribution in [0.15, 0.2) is 0 Å². The largest absolute Gasteiger partial charge is 0.437 e. The van der Waals surface area contributed by atoms with Crippen LogP contribution in [-0.2, 0) is 4.74 Å². The monoisotopic (exact) mass is 304 g/mol. The number of unbranched alkanes of at least 4 members (excludes halogenated alkanes) is 3. The van der Waals surface area contributed by atoms with Crippen LogP contribution in [0.1, 0.15) is 65.7 Å². The van der Waals surface area contributed by atoms with Gasteiger partial charge >= 0.3 is 12.1 Å². The van der Waals surface area contributed by atoms with Crippen LogP contribution in [0.4, 0.5) is 9.59 Å². The Labute approximate surface area is 125 Å². The van der Waals surface area contributed by atoms with Crippen LogP contribution in [0, 0.1) is 0 Å². The van der Waals surface area contributed by atoms with Crippen molar-refractivity contribution in [2.75, 3.05) is 0 Å². The summed E-state index contributed by atoms with van der Waals surface area (Å²) >= 11 is 0. The first kappa shape index (κ1) is 19.7. The highest BCUT2D eigenvalue weighted by Gasteiger charge is 2.50. The van der Waals surface area contributed by atoms with E-state index in [0.717, 1.165) is 19.3 Å². The minimum atomic E-state index is -2.16. The molecule has 0 bridgehead atoms. The quantitative estimate of drug-likeness (QED) is 0.383. The predicted octanol–water partition coefficient (Wildman–Crippen LogP) is 2.00. The van der Waals surface area contributed by atoms with Crippen molar-refractivity contribution in [3.05, 3.63) is 0 Å². The second-order valence-corrected chi connectivity index (χ2v) is 5.21. The number of nitrogens with two attached hydrogens (primary N) is 1. The average Bonchev–Trinajstić information content (AvgIpc) is 2.41. The van der Waals surface area contributed by atoms with Crippen molar-refractivity contribution in [3.8, 4) is 0 Å². The lowest BCUT2D eigenvalue weighted by atomic mass is 9.83. The summed E-state index contributed by atoms with van der Waals surface area (Å²) in [7, 11) is 0. The van der Waals surface area contributed by atoms with Gasteiger partial charge in [-0.2, -0.15) is 0 Å². The fraction of sp³-hybridized carbons (Fsp3) is 0.857. The number of hydrogen-bond acceptors (Lipinski definition) is 5. The molecule has 124 valence electrons. The molecule has 0 fully saturated rings. The highest BCUT2D eigenvalue weighted by Crippen LogP contribution is 2.36. The molecule has 0 saturated carbocycles. The third kappa shape index (κ3) is 5.89. The van der Waals surface area contributed by atoms with Crippen molar-refractivity contribution in [3.63, 3.8) is 0 Å². The molecular weight excluding hydrogens is 276 g/mol. The maximum absolute atomic E-state index is 11.6. The van der Waals surface area contributed by atoms with Gasteiger partial charge in [0.2, 0.25) is 5.79 Å². The van der Waals surface area contributed by atoms with Gasteiger partial charge in [-0.1, -0.05) is 40.0 Å². The minimum absolute atomic E-state index is 0.00152. The van der Waals surface area contributed by atoms with Crippen LogP contribution in [0.25, 0.3) is 0 Å². The van der Waals surface area contributed by atoms with Gasteiger partial charge in [-0.3, -0.25) is 0 Å². The van der Waals surface area contributed by atoms with E-state index >= 15 is 0 Å². The maximum atomic E-state index is 11.6. The van der Waals surface area contributed by atoms with E-state index in [1.165, 1.54) is 0 Å². The normalized spacial score (nSPS) is 14.3. The molecule has 7 heteroatoms. The molecule has 1 atom stereocenters. The molecule has 0 rings (SSSR count). The van der Waals surface area contributed by atoms with Gasteiger partial charge in [0.1, 0.15) is 0 Å². The van der Waals surface area contributed by atoms with Crippen LogP contribution in [0.2, 0.25) is 0 Å². The molecule has 0 aliphatic rings. The van der Waals surface area contributed by atoms with E-state index in [2.05, 4.69) is 6.92 Å². The number of primary amides is 1. The van der Waals surface area contributed by atoms with Crippen molar-refractivity contribution in [1.29, 1.82) is 0 Å². The fourth-order valence-electron chi connectivity index (χ4n) is 2.33. The number of nitrogens with one attached hydrogen (secondary N) is 1. The molecule has 0 saturated heterocycles. The first-order chi connectivity index (χ1) is 9.74. The number of ether oxygens (including phenoxy) is 1. The lowest BCUT2D eigenvalue weighted by molar-refractivity contribution is -0.277. The van der Waals surface area contributed by atoms with E-state index in [1.54, 1.807) is 19.2 Å². The molecule has 0 radical (unpaired) electrons. The second-order valence-electron chi connectivity index (χ2n) is 5.21. The maximum Gasteiger partial charge on any atom is 0.416 e. The number of hydrogen-bond donors (Lipinski definition) is 4. The number of alkyl carbamates (subject to hydrolysis) is 1. The van der Waals surface area contributed by atoms with Gasteiger partial charge in [-0.15, -0.1) is 0 Å². The molecule has 5 N–H and O–H groups in total. The Morgan fingerprint density at radius 2 is 1.71 bits per heavy atom. The number of urea groups is 1. The minimum Gasteiger partial charge on any atom is -0.437 e. The molecule has 21 heavy (non-hydrogen) atoms. The van der Waals surface area contributed by atoms with E-state index in [-0.39, 0.29) is 12.8 Å².